The van der Waals surface area contributed by atoms with Gasteiger partial charge in [0.1, 0.15) is 11.6 Å². The molecule has 168 valence electrons. The quantitative estimate of drug-likeness (QED) is 0.213. The van der Waals surface area contributed by atoms with Gasteiger partial charge in [0.05, 0.1) is 11.7 Å². The van der Waals surface area contributed by atoms with Crippen LogP contribution in [0.15, 0.2) is 45.8 Å². The number of hydrogen-bond donors (Lipinski definition) is 1. The molecule has 0 aliphatic carbocycles. The number of benzene rings is 1. The molecule has 6 nitrogen and oxygen atoms in total. The lowest BCUT2D eigenvalue weighted by atomic mass is 9.96. The van der Waals surface area contributed by atoms with Gasteiger partial charge in [-0.15, -0.1) is 0 Å². The average Bonchev–Trinajstić information content (AvgIpc) is 2.69. The zero-order chi connectivity index (χ0) is 22.8. The van der Waals surface area contributed by atoms with Crippen LogP contribution in [0, 0.1) is 17.6 Å². The highest BCUT2D eigenvalue weighted by Gasteiger charge is 2.22. The minimum Gasteiger partial charge on any atom is -0.376 e. The maximum absolute atomic E-state index is 13.9. The van der Waals surface area contributed by atoms with Crippen LogP contribution in [0.2, 0.25) is 0 Å². The highest BCUT2D eigenvalue weighted by Crippen LogP contribution is 2.20. The molecule has 0 aliphatic rings. The van der Waals surface area contributed by atoms with E-state index in [-0.39, 0.29) is 29.7 Å². The van der Waals surface area contributed by atoms with Crippen molar-refractivity contribution >= 4 is 11.9 Å². The molecule has 4 atom stereocenters. The highest BCUT2D eigenvalue weighted by molar-refractivity contribution is 5.52. The van der Waals surface area contributed by atoms with E-state index in [9.17, 15) is 8.78 Å². The van der Waals surface area contributed by atoms with Gasteiger partial charge in [0, 0.05) is 50.9 Å². The van der Waals surface area contributed by atoms with Gasteiger partial charge in [-0.25, -0.2) is 8.78 Å². The van der Waals surface area contributed by atoms with Gasteiger partial charge < -0.3 is 5.32 Å². The Labute approximate surface area is 179 Å². The summed E-state index contributed by atoms with van der Waals surface area (Å²) in [5.41, 5.74) is 1.11. The molecule has 0 spiro atoms. The fraction of sp³-hybridized carbons (Fsp3) is 0.591. The molecule has 0 aromatic heterocycles. The zero-order valence-corrected chi connectivity index (χ0v) is 19.2. The maximum Gasteiger partial charge on any atom is 0.149 e. The fourth-order valence-electron chi connectivity index (χ4n) is 2.90. The molecule has 1 aromatic rings. The number of nitrogens with zero attached hydrogens (tertiary/aromatic N) is 5. The van der Waals surface area contributed by atoms with E-state index < -0.39 is 11.6 Å². The van der Waals surface area contributed by atoms with Gasteiger partial charge in [-0.1, -0.05) is 24.3 Å². The zero-order valence-electron chi connectivity index (χ0n) is 19.2. The minimum absolute atomic E-state index is 0.0281. The first kappa shape index (κ1) is 25.5. The van der Waals surface area contributed by atoms with E-state index in [1.807, 2.05) is 39.9 Å². The van der Waals surface area contributed by atoms with Crippen LogP contribution in [0.1, 0.15) is 41.0 Å². The third kappa shape index (κ3) is 8.08. The van der Waals surface area contributed by atoms with E-state index >= 15 is 0 Å². The SMILES string of the molecule is C=C(C)C(CCN(C)/N=N\C(C)[C@H](C)C(C)N(C)/N=C\C)Nc1ccc(F)cc1F. The third-order valence-corrected chi connectivity index (χ3v) is 5.39. The van der Waals surface area contributed by atoms with Crippen molar-refractivity contribution < 1.29 is 8.78 Å². The molecule has 1 N–H and O–H groups in total. The minimum atomic E-state index is -0.622. The number of hydrogen-bond acceptors (Lipinski definition) is 5. The van der Waals surface area contributed by atoms with E-state index in [1.54, 1.807) is 11.2 Å². The Kier molecular flexibility index (Phi) is 10.4. The monoisotopic (exact) mass is 422 g/mol. The molecule has 8 heteroatoms. The number of rotatable bonds is 12. The van der Waals surface area contributed by atoms with Crippen LogP contribution < -0.4 is 5.32 Å². The molecular weight excluding hydrogens is 386 g/mol. The molecule has 0 bridgehead atoms. The second-order valence-electron chi connectivity index (χ2n) is 7.83. The van der Waals surface area contributed by atoms with E-state index in [0.717, 1.165) is 11.6 Å². The van der Waals surface area contributed by atoms with Crippen molar-refractivity contribution in [2.75, 3.05) is 26.0 Å². The molecule has 0 saturated heterocycles. The van der Waals surface area contributed by atoms with Crippen LogP contribution in [0.3, 0.4) is 0 Å². The summed E-state index contributed by atoms with van der Waals surface area (Å²) < 4.78 is 27.1. The normalized spacial score (nSPS) is 15.8. The summed E-state index contributed by atoms with van der Waals surface area (Å²) in [6.07, 6.45) is 2.42. The van der Waals surface area contributed by atoms with Gasteiger partial charge >= 0.3 is 0 Å². The summed E-state index contributed by atoms with van der Waals surface area (Å²) in [6, 6.07) is 3.58. The summed E-state index contributed by atoms with van der Waals surface area (Å²) >= 11 is 0. The van der Waals surface area contributed by atoms with Gasteiger partial charge in [0.2, 0.25) is 0 Å². The second kappa shape index (κ2) is 12.2. The van der Waals surface area contributed by atoms with E-state index in [2.05, 4.69) is 41.2 Å². The standard InChI is InChI=1S/C22H36F2N6/c1-9-25-30(8)18(6)16(4)17(5)27-28-29(7)13-12-21(15(2)3)26-22-11-10-19(23)14-20(22)24/h9-11,14,16-18,21,26H,2,12-13H2,1,3-8H3/b25-9-,28-27-/t16-,17?,18?,21?/m0/s1. The number of anilines is 1. The van der Waals surface area contributed by atoms with E-state index in [1.165, 1.54) is 12.1 Å². The predicted molar refractivity (Wildman–Crippen MR) is 121 cm³/mol. The summed E-state index contributed by atoms with van der Waals surface area (Å²) in [5, 5.41) is 19.8. The first-order chi connectivity index (χ1) is 14.1. The Bertz CT molecular complexity index is 736. The van der Waals surface area contributed by atoms with Crippen molar-refractivity contribution in [3.05, 3.63) is 42.0 Å². The molecule has 0 radical (unpaired) electrons. The van der Waals surface area contributed by atoms with Gasteiger partial charge in [-0.05, 0) is 46.2 Å². The van der Waals surface area contributed by atoms with Crippen molar-refractivity contribution in [3.63, 3.8) is 0 Å². The second-order valence-corrected chi connectivity index (χ2v) is 7.83. The molecule has 30 heavy (non-hydrogen) atoms. The lowest BCUT2D eigenvalue weighted by Crippen LogP contribution is -2.35. The Balaban J connectivity index is 2.63. The number of halogens is 2. The van der Waals surface area contributed by atoms with Crippen LogP contribution in [0.4, 0.5) is 14.5 Å². The number of nitrogens with one attached hydrogen (secondary N) is 1. The molecule has 0 amide bonds. The topological polar surface area (TPSA) is 55.6 Å². The Hall–Kier alpha value is -2.51. The van der Waals surface area contributed by atoms with Gasteiger partial charge in [-0.3, -0.25) is 10.0 Å². The molecule has 0 heterocycles. The summed E-state index contributed by atoms with van der Waals surface area (Å²) in [7, 11) is 3.80. The van der Waals surface area contributed by atoms with Crippen molar-refractivity contribution in [1.82, 2.24) is 10.0 Å². The Morgan fingerprint density at radius 3 is 2.47 bits per heavy atom. The summed E-state index contributed by atoms with van der Waals surface area (Å²) in [4.78, 5) is 0. The van der Waals surface area contributed by atoms with Crippen molar-refractivity contribution in [1.29, 1.82) is 0 Å². The highest BCUT2D eigenvalue weighted by atomic mass is 19.1. The van der Waals surface area contributed by atoms with Crippen molar-refractivity contribution in [3.8, 4) is 0 Å². The predicted octanol–water partition coefficient (Wildman–Crippen LogP) is 5.36. The summed E-state index contributed by atoms with van der Waals surface area (Å²) in [6.45, 7) is 14.6. The lowest BCUT2D eigenvalue weighted by molar-refractivity contribution is 0.185. The maximum atomic E-state index is 13.9. The molecule has 0 saturated carbocycles. The third-order valence-electron chi connectivity index (χ3n) is 5.39. The first-order valence-corrected chi connectivity index (χ1v) is 10.3. The molecular formula is C22H36F2N6. The Morgan fingerprint density at radius 2 is 1.90 bits per heavy atom. The summed E-state index contributed by atoms with van der Waals surface area (Å²) in [5.74, 6) is -0.957. The van der Waals surface area contributed by atoms with Crippen LogP contribution >= 0.6 is 0 Å². The smallest absolute Gasteiger partial charge is 0.149 e. The van der Waals surface area contributed by atoms with Crippen LogP contribution in [0.25, 0.3) is 0 Å². The van der Waals surface area contributed by atoms with Gasteiger partial charge in [-0.2, -0.15) is 10.2 Å². The Morgan fingerprint density at radius 1 is 1.23 bits per heavy atom. The molecule has 0 fully saturated rings. The average molecular weight is 423 g/mol. The molecule has 1 rings (SSSR count). The van der Waals surface area contributed by atoms with E-state index in [0.29, 0.717) is 13.0 Å². The molecule has 1 aromatic carbocycles. The van der Waals surface area contributed by atoms with Crippen molar-refractivity contribution in [2.45, 2.75) is 59.2 Å². The van der Waals surface area contributed by atoms with Crippen LogP contribution in [-0.4, -0.2) is 55.0 Å². The van der Waals surface area contributed by atoms with E-state index in [4.69, 9.17) is 0 Å². The van der Waals surface area contributed by atoms with Gasteiger partial charge in [0.15, 0.2) is 0 Å². The van der Waals surface area contributed by atoms with Gasteiger partial charge in [0.25, 0.3) is 0 Å². The van der Waals surface area contributed by atoms with Crippen LogP contribution in [0.5, 0.6) is 0 Å². The largest absolute Gasteiger partial charge is 0.376 e. The number of hydrazone groups is 1. The molecule has 3 unspecified atom stereocenters. The van der Waals surface area contributed by atoms with Crippen molar-refractivity contribution in [2.24, 2.45) is 21.4 Å². The van der Waals surface area contributed by atoms with Crippen LogP contribution in [-0.2, 0) is 0 Å². The molecule has 0 aliphatic heterocycles. The first-order valence-electron chi connectivity index (χ1n) is 10.3. The lowest BCUT2D eigenvalue weighted by Gasteiger charge is -2.29. The fourth-order valence-corrected chi connectivity index (χ4v) is 2.90.